The zero-order valence-electron chi connectivity index (χ0n) is 11.9. The molecule has 5 nitrogen and oxygen atoms in total. The van der Waals surface area contributed by atoms with Gasteiger partial charge in [-0.2, -0.15) is 0 Å². The Morgan fingerprint density at radius 3 is 2.52 bits per heavy atom. The Hall–Kier alpha value is -1.82. The molecular formula is C14H17ClFNO4. The van der Waals surface area contributed by atoms with Crippen LogP contribution in [0.1, 0.15) is 38.8 Å². The van der Waals surface area contributed by atoms with Crippen molar-refractivity contribution in [3.05, 3.63) is 34.6 Å². The van der Waals surface area contributed by atoms with E-state index in [1.54, 1.807) is 20.8 Å². The van der Waals surface area contributed by atoms with E-state index in [0.717, 1.165) is 6.07 Å². The normalized spacial score (nSPS) is 12.6. The van der Waals surface area contributed by atoms with Gasteiger partial charge in [0.25, 0.3) is 0 Å². The number of ether oxygens (including phenoxy) is 1. The molecule has 0 saturated carbocycles. The first kappa shape index (κ1) is 17.2. The third-order valence-electron chi connectivity index (χ3n) is 2.41. The molecule has 0 fully saturated rings. The van der Waals surface area contributed by atoms with Crippen molar-refractivity contribution < 1.29 is 23.8 Å². The minimum Gasteiger partial charge on any atom is -0.481 e. The summed E-state index contributed by atoms with van der Waals surface area (Å²) in [7, 11) is 0. The smallest absolute Gasteiger partial charge is 0.408 e. The van der Waals surface area contributed by atoms with Gasteiger partial charge in [-0.05, 0) is 32.9 Å². The first-order valence-electron chi connectivity index (χ1n) is 6.25. The topological polar surface area (TPSA) is 75.6 Å². The number of benzene rings is 1. The predicted octanol–water partition coefficient (Wildman–Crippen LogP) is 3.52. The van der Waals surface area contributed by atoms with Gasteiger partial charge in [0, 0.05) is 10.6 Å². The van der Waals surface area contributed by atoms with E-state index in [-0.39, 0.29) is 10.6 Å². The fourth-order valence-electron chi connectivity index (χ4n) is 1.65. The van der Waals surface area contributed by atoms with Gasteiger partial charge in [-0.1, -0.05) is 17.7 Å². The van der Waals surface area contributed by atoms with Crippen molar-refractivity contribution in [3.8, 4) is 0 Å². The molecule has 0 aliphatic heterocycles. The fourth-order valence-corrected chi connectivity index (χ4v) is 1.81. The minimum absolute atomic E-state index is 0.0349. The Labute approximate surface area is 127 Å². The Kier molecular flexibility index (Phi) is 5.54. The average Bonchev–Trinajstić information content (AvgIpc) is 2.24. The van der Waals surface area contributed by atoms with Crippen molar-refractivity contribution in [2.75, 3.05) is 0 Å². The van der Waals surface area contributed by atoms with Crippen LogP contribution in [0, 0.1) is 5.82 Å². The summed E-state index contributed by atoms with van der Waals surface area (Å²) in [6, 6.07) is 2.77. The lowest BCUT2D eigenvalue weighted by Crippen LogP contribution is -2.36. The van der Waals surface area contributed by atoms with Crippen LogP contribution in [0.5, 0.6) is 0 Å². The molecular weight excluding hydrogens is 301 g/mol. The second-order valence-electron chi connectivity index (χ2n) is 5.46. The highest BCUT2D eigenvalue weighted by atomic mass is 35.5. The van der Waals surface area contributed by atoms with Crippen molar-refractivity contribution in [1.82, 2.24) is 5.32 Å². The molecule has 0 aliphatic carbocycles. The van der Waals surface area contributed by atoms with Gasteiger partial charge in [0.2, 0.25) is 0 Å². The van der Waals surface area contributed by atoms with E-state index in [1.807, 2.05) is 0 Å². The van der Waals surface area contributed by atoms with Crippen LogP contribution in [0.2, 0.25) is 5.02 Å². The molecule has 116 valence electrons. The van der Waals surface area contributed by atoms with Crippen LogP contribution in [-0.2, 0) is 9.53 Å². The molecule has 0 aromatic heterocycles. The first-order chi connectivity index (χ1) is 9.58. The lowest BCUT2D eigenvalue weighted by molar-refractivity contribution is -0.137. The molecule has 0 unspecified atom stereocenters. The van der Waals surface area contributed by atoms with Crippen LogP contribution in [0.15, 0.2) is 18.2 Å². The SMILES string of the molecule is CC(C)(C)OC(=O)N[C@@H](CC(=O)O)c1ccc(Cl)cc1F. The van der Waals surface area contributed by atoms with Crippen LogP contribution in [0.3, 0.4) is 0 Å². The van der Waals surface area contributed by atoms with Crippen LogP contribution < -0.4 is 5.32 Å². The van der Waals surface area contributed by atoms with E-state index >= 15 is 0 Å². The summed E-state index contributed by atoms with van der Waals surface area (Å²) in [6.45, 7) is 5.00. The summed E-state index contributed by atoms with van der Waals surface area (Å²) in [5.74, 6) is -1.87. The minimum atomic E-state index is -1.18. The van der Waals surface area contributed by atoms with Crippen molar-refractivity contribution in [3.63, 3.8) is 0 Å². The Balaban J connectivity index is 2.95. The number of alkyl carbamates (subject to hydrolysis) is 1. The number of hydrogen-bond donors (Lipinski definition) is 2. The first-order valence-corrected chi connectivity index (χ1v) is 6.62. The van der Waals surface area contributed by atoms with Crippen LogP contribution in [0.25, 0.3) is 0 Å². The van der Waals surface area contributed by atoms with Gasteiger partial charge in [-0.15, -0.1) is 0 Å². The van der Waals surface area contributed by atoms with Crippen LogP contribution >= 0.6 is 11.6 Å². The van der Waals surface area contributed by atoms with Gasteiger partial charge in [-0.3, -0.25) is 4.79 Å². The second kappa shape index (κ2) is 6.76. The highest BCUT2D eigenvalue weighted by molar-refractivity contribution is 6.30. The van der Waals surface area contributed by atoms with Gasteiger partial charge in [-0.25, -0.2) is 9.18 Å². The second-order valence-corrected chi connectivity index (χ2v) is 5.90. The van der Waals surface area contributed by atoms with Crippen molar-refractivity contribution in [1.29, 1.82) is 0 Å². The molecule has 0 saturated heterocycles. The number of halogens is 2. The number of nitrogens with one attached hydrogen (secondary N) is 1. The summed E-state index contributed by atoms with van der Waals surface area (Å²) in [5.41, 5.74) is -0.705. The molecule has 1 aromatic rings. The molecule has 1 rings (SSSR count). The lowest BCUT2D eigenvalue weighted by atomic mass is 10.0. The number of rotatable bonds is 4. The number of carboxylic acid groups (broad SMARTS) is 1. The third kappa shape index (κ3) is 5.99. The van der Waals surface area contributed by atoms with E-state index in [9.17, 15) is 14.0 Å². The van der Waals surface area contributed by atoms with Gasteiger partial charge in [0.1, 0.15) is 11.4 Å². The Morgan fingerprint density at radius 2 is 2.05 bits per heavy atom. The quantitative estimate of drug-likeness (QED) is 0.891. The summed E-state index contributed by atoms with van der Waals surface area (Å²) in [4.78, 5) is 22.6. The number of carbonyl (C=O) groups excluding carboxylic acids is 1. The largest absolute Gasteiger partial charge is 0.481 e. The molecule has 1 aromatic carbocycles. The average molecular weight is 318 g/mol. The number of aliphatic carboxylic acids is 1. The highest BCUT2D eigenvalue weighted by Crippen LogP contribution is 2.24. The fraction of sp³-hybridized carbons (Fsp3) is 0.429. The number of carboxylic acids is 1. The van der Waals surface area contributed by atoms with Crippen LogP contribution in [0.4, 0.5) is 9.18 Å². The molecule has 0 spiro atoms. The standard InChI is InChI=1S/C14H17ClFNO4/c1-14(2,3)21-13(20)17-11(7-12(18)19)9-5-4-8(15)6-10(9)16/h4-6,11H,7H2,1-3H3,(H,17,20)(H,18,19)/t11-/m0/s1. The molecule has 0 radical (unpaired) electrons. The maximum atomic E-state index is 13.9. The van der Waals surface area contributed by atoms with Gasteiger partial charge >= 0.3 is 12.1 Å². The molecule has 0 heterocycles. The monoisotopic (exact) mass is 317 g/mol. The maximum Gasteiger partial charge on any atom is 0.408 e. The van der Waals surface area contributed by atoms with E-state index in [4.69, 9.17) is 21.4 Å². The Morgan fingerprint density at radius 1 is 1.43 bits per heavy atom. The molecule has 2 N–H and O–H groups in total. The van der Waals surface area contributed by atoms with Crippen LogP contribution in [-0.4, -0.2) is 22.8 Å². The maximum absolute atomic E-state index is 13.9. The molecule has 1 amide bonds. The molecule has 0 aliphatic rings. The van der Waals surface area contributed by atoms with Crippen molar-refractivity contribution >= 4 is 23.7 Å². The van der Waals surface area contributed by atoms with E-state index in [0.29, 0.717) is 0 Å². The molecule has 0 bridgehead atoms. The van der Waals surface area contributed by atoms with Crippen molar-refractivity contribution in [2.24, 2.45) is 0 Å². The van der Waals surface area contributed by atoms with Crippen molar-refractivity contribution in [2.45, 2.75) is 38.8 Å². The van der Waals surface area contributed by atoms with E-state index in [2.05, 4.69) is 5.32 Å². The molecule has 1 atom stereocenters. The predicted molar refractivity (Wildman–Crippen MR) is 75.8 cm³/mol. The molecule has 21 heavy (non-hydrogen) atoms. The summed E-state index contributed by atoms with van der Waals surface area (Å²) < 4.78 is 18.9. The molecule has 7 heteroatoms. The van der Waals surface area contributed by atoms with Gasteiger partial charge in [0.15, 0.2) is 0 Å². The lowest BCUT2D eigenvalue weighted by Gasteiger charge is -2.23. The van der Waals surface area contributed by atoms with Gasteiger partial charge in [0.05, 0.1) is 12.5 Å². The zero-order chi connectivity index (χ0) is 16.2. The summed E-state index contributed by atoms with van der Waals surface area (Å²) in [5, 5.41) is 11.4. The number of amides is 1. The third-order valence-corrected chi connectivity index (χ3v) is 2.64. The zero-order valence-corrected chi connectivity index (χ0v) is 12.7. The highest BCUT2D eigenvalue weighted by Gasteiger charge is 2.24. The van der Waals surface area contributed by atoms with E-state index < -0.39 is 35.9 Å². The van der Waals surface area contributed by atoms with E-state index in [1.165, 1.54) is 12.1 Å². The Bertz CT molecular complexity index is 542. The number of hydrogen-bond acceptors (Lipinski definition) is 3. The summed E-state index contributed by atoms with van der Waals surface area (Å²) >= 11 is 5.65. The van der Waals surface area contributed by atoms with Gasteiger partial charge < -0.3 is 15.2 Å². The summed E-state index contributed by atoms with van der Waals surface area (Å²) in [6.07, 6.45) is -1.29. The number of carbonyl (C=O) groups is 2.